The number of para-hydroxylation sites is 1. The van der Waals surface area contributed by atoms with Crippen molar-refractivity contribution in [1.82, 2.24) is 0 Å². The van der Waals surface area contributed by atoms with Crippen LogP contribution in [-0.2, 0) is 4.74 Å². The molecule has 0 spiro atoms. The molecule has 0 unspecified atom stereocenters. The summed E-state index contributed by atoms with van der Waals surface area (Å²) in [6.45, 7) is 2.05. The van der Waals surface area contributed by atoms with Crippen molar-refractivity contribution < 1.29 is 9.53 Å². The van der Waals surface area contributed by atoms with Gasteiger partial charge in [-0.15, -0.1) is 0 Å². The highest BCUT2D eigenvalue weighted by molar-refractivity contribution is 5.92. The maximum atomic E-state index is 11.5. The van der Waals surface area contributed by atoms with Gasteiger partial charge >= 0.3 is 5.97 Å². The number of nitrogens with two attached hydrogens (primary N) is 1. The van der Waals surface area contributed by atoms with Crippen LogP contribution in [0, 0.1) is 6.92 Å². The summed E-state index contributed by atoms with van der Waals surface area (Å²) in [4.78, 5) is 13.5. The highest BCUT2D eigenvalue weighted by Gasteiger charge is 2.12. The first-order valence-electron chi connectivity index (χ1n) is 6.31. The average Bonchev–Trinajstić information content (AvgIpc) is 2.46. The third-order valence-corrected chi connectivity index (χ3v) is 3.29. The number of nitrogens with zero attached hydrogens (tertiary/aromatic N) is 1. The van der Waals surface area contributed by atoms with E-state index in [1.54, 1.807) is 12.1 Å². The van der Waals surface area contributed by atoms with Gasteiger partial charge in [-0.2, -0.15) is 0 Å². The number of aryl methyl sites for hydroxylation is 1. The molecule has 0 amide bonds. The molecular formula is C16H18N2O2. The Morgan fingerprint density at radius 2 is 1.85 bits per heavy atom. The predicted molar refractivity (Wildman–Crippen MR) is 81.4 cm³/mol. The lowest BCUT2D eigenvalue weighted by molar-refractivity contribution is 0.0601. The molecule has 0 fully saturated rings. The van der Waals surface area contributed by atoms with Crippen LogP contribution in [0.4, 0.5) is 17.1 Å². The highest BCUT2D eigenvalue weighted by Crippen LogP contribution is 2.31. The molecule has 0 heterocycles. The van der Waals surface area contributed by atoms with Gasteiger partial charge in [-0.05, 0) is 36.8 Å². The molecule has 4 heteroatoms. The van der Waals surface area contributed by atoms with Crippen molar-refractivity contribution >= 4 is 23.0 Å². The number of rotatable bonds is 3. The van der Waals surface area contributed by atoms with Gasteiger partial charge in [-0.25, -0.2) is 4.79 Å². The fourth-order valence-corrected chi connectivity index (χ4v) is 2.17. The van der Waals surface area contributed by atoms with E-state index < -0.39 is 0 Å². The Hall–Kier alpha value is -2.49. The smallest absolute Gasteiger partial charge is 0.337 e. The van der Waals surface area contributed by atoms with E-state index in [9.17, 15) is 4.79 Å². The number of methoxy groups -OCH3 is 1. The number of esters is 1. The van der Waals surface area contributed by atoms with Crippen LogP contribution in [0.1, 0.15) is 15.9 Å². The molecule has 20 heavy (non-hydrogen) atoms. The van der Waals surface area contributed by atoms with Crippen LogP contribution in [0.15, 0.2) is 42.5 Å². The van der Waals surface area contributed by atoms with Gasteiger partial charge in [-0.3, -0.25) is 0 Å². The maximum absolute atomic E-state index is 11.5. The first-order chi connectivity index (χ1) is 9.54. The average molecular weight is 270 g/mol. The number of benzene rings is 2. The molecule has 0 saturated carbocycles. The molecule has 0 saturated heterocycles. The van der Waals surface area contributed by atoms with Crippen LogP contribution < -0.4 is 10.6 Å². The van der Waals surface area contributed by atoms with Gasteiger partial charge in [0.15, 0.2) is 0 Å². The third kappa shape index (κ3) is 2.59. The number of ether oxygens (including phenoxy) is 1. The second-order valence-electron chi connectivity index (χ2n) is 4.61. The van der Waals surface area contributed by atoms with Crippen molar-refractivity contribution in [2.75, 3.05) is 24.8 Å². The number of nitrogen functional groups attached to an aromatic ring is 1. The fourth-order valence-electron chi connectivity index (χ4n) is 2.17. The Labute approximate surface area is 118 Å². The Bertz CT molecular complexity index is 638. The summed E-state index contributed by atoms with van der Waals surface area (Å²) >= 11 is 0. The number of carbonyl (C=O) groups excluding carboxylic acids is 1. The summed E-state index contributed by atoms with van der Waals surface area (Å²) in [7, 11) is 3.30. The van der Waals surface area contributed by atoms with E-state index in [2.05, 4.69) is 4.74 Å². The summed E-state index contributed by atoms with van der Waals surface area (Å²) in [6, 6.07) is 13.2. The van der Waals surface area contributed by atoms with Crippen molar-refractivity contribution in [3.63, 3.8) is 0 Å². The molecule has 0 aromatic heterocycles. The summed E-state index contributed by atoms with van der Waals surface area (Å²) in [5.41, 5.74) is 10.1. The lowest BCUT2D eigenvalue weighted by Gasteiger charge is -2.23. The molecule has 0 atom stereocenters. The Kier molecular flexibility index (Phi) is 3.94. The lowest BCUT2D eigenvalue weighted by Crippen LogP contribution is -2.13. The minimum Gasteiger partial charge on any atom is -0.465 e. The SMILES string of the molecule is COC(=O)c1ccc(N(C)c2ccccc2C)c(N)c1. The van der Waals surface area contributed by atoms with Crippen LogP contribution in [0.2, 0.25) is 0 Å². The summed E-state index contributed by atoms with van der Waals surface area (Å²) in [5.74, 6) is -0.387. The minimum atomic E-state index is -0.387. The number of carbonyl (C=O) groups is 1. The first-order valence-corrected chi connectivity index (χ1v) is 6.31. The molecule has 0 radical (unpaired) electrons. The van der Waals surface area contributed by atoms with E-state index in [-0.39, 0.29) is 5.97 Å². The van der Waals surface area contributed by atoms with Crippen molar-refractivity contribution in [2.24, 2.45) is 0 Å². The number of hydrogen-bond donors (Lipinski definition) is 1. The van der Waals surface area contributed by atoms with E-state index in [1.165, 1.54) is 7.11 Å². The third-order valence-electron chi connectivity index (χ3n) is 3.29. The Morgan fingerprint density at radius 3 is 2.45 bits per heavy atom. The molecular weight excluding hydrogens is 252 g/mol. The molecule has 2 rings (SSSR count). The first kappa shape index (κ1) is 13.9. The highest BCUT2D eigenvalue weighted by atomic mass is 16.5. The van der Waals surface area contributed by atoms with Gasteiger partial charge < -0.3 is 15.4 Å². The zero-order chi connectivity index (χ0) is 14.7. The Balaban J connectivity index is 2.39. The van der Waals surface area contributed by atoms with Crippen LogP contribution >= 0.6 is 0 Å². The molecule has 2 N–H and O–H groups in total. The number of anilines is 3. The van der Waals surface area contributed by atoms with Crippen molar-refractivity contribution in [2.45, 2.75) is 6.92 Å². The summed E-state index contributed by atoms with van der Waals surface area (Å²) in [6.07, 6.45) is 0. The van der Waals surface area contributed by atoms with E-state index in [4.69, 9.17) is 5.73 Å². The molecule has 0 aliphatic rings. The number of hydrogen-bond acceptors (Lipinski definition) is 4. The van der Waals surface area contributed by atoms with Crippen molar-refractivity contribution in [3.8, 4) is 0 Å². The molecule has 0 aliphatic carbocycles. The van der Waals surface area contributed by atoms with E-state index in [0.29, 0.717) is 11.3 Å². The maximum Gasteiger partial charge on any atom is 0.337 e. The molecule has 104 valence electrons. The van der Waals surface area contributed by atoms with Crippen LogP contribution in [0.5, 0.6) is 0 Å². The molecule has 0 aliphatic heterocycles. The predicted octanol–water partition coefficient (Wildman–Crippen LogP) is 3.13. The lowest BCUT2D eigenvalue weighted by atomic mass is 10.1. The molecule has 2 aromatic carbocycles. The van der Waals surface area contributed by atoms with E-state index in [0.717, 1.165) is 16.9 Å². The quantitative estimate of drug-likeness (QED) is 0.687. The molecule has 4 nitrogen and oxygen atoms in total. The van der Waals surface area contributed by atoms with Gasteiger partial charge in [0.2, 0.25) is 0 Å². The standard InChI is InChI=1S/C16H18N2O2/c1-11-6-4-5-7-14(11)18(2)15-9-8-12(10-13(15)17)16(19)20-3/h4-10H,17H2,1-3H3. The largest absolute Gasteiger partial charge is 0.465 e. The van der Waals surface area contributed by atoms with E-state index >= 15 is 0 Å². The fraction of sp³-hybridized carbons (Fsp3) is 0.188. The Morgan fingerprint density at radius 1 is 1.15 bits per heavy atom. The second-order valence-corrected chi connectivity index (χ2v) is 4.61. The second kappa shape index (κ2) is 5.65. The van der Waals surface area contributed by atoms with Crippen LogP contribution in [0.3, 0.4) is 0 Å². The van der Waals surface area contributed by atoms with Gasteiger partial charge in [-0.1, -0.05) is 18.2 Å². The van der Waals surface area contributed by atoms with Gasteiger partial charge in [0.1, 0.15) is 0 Å². The van der Waals surface area contributed by atoms with Gasteiger partial charge in [0.05, 0.1) is 24.0 Å². The zero-order valence-corrected chi connectivity index (χ0v) is 11.9. The zero-order valence-electron chi connectivity index (χ0n) is 11.9. The van der Waals surface area contributed by atoms with Gasteiger partial charge in [0.25, 0.3) is 0 Å². The molecule has 0 bridgehead atoms. The summed E-state index contributed by atoms with van der Waals surface area (Å²) in [5, 5.41) is 0. The topological polar surface area (TPSA) is 55.6 Å². The van der Waals surface area contributed by atoms with Gasteiger partial charge in [0, 0.05) is 12.7 Å². The monoisotopic (exact) mass is 270 g/mol. The van der Waals surface area contributed by atoms with Crippen molar-refractivity contribution in [1.29, 1.82) is 0 Å². The summed E-state index contributed by atoms with van der Waals surface area (Å²) < 4.78 is 4.69. The van der Waals surface area contributed by atoms with Crippen LogP contribution in [0.25, 0.3) is 0 Å². The van der Waals surface area contributed by atoms with Crippen molar-refractivity contribution in [3.05, 3.63) is 53.6 Å². The molecule has 2 aromatic rings. The van der Waals surface area contributed by atoms with Crippen LogP contribution in [-0.4, -0.2) is 20.1 Å². The normalized spacial score (nSPS) is 10.2. The minimum absolute atomic E-state index is 0.387. The van der Waals surface area contributed by atoms with E-state index in [1.807, 2.05) is 49.2 Å².